The maximum Gasteiger partial charge on any atom is 0.261 e. The average molecular weight is 541 g/mol. The lowest BCUT2D eigenvalue weighted by Crippen LogP contribution is -2.31. The predicted molar refractivity (Wildman–Crippen MR) is 149 cm³/mol. The number of nitrogens with one attached hydrogen (secondary N) is 1. The van der Waals surface area contributed by atoms with E-state index in [2.05, 4.69) is 15.3 Å². The van der Waals surface area contributed by atoms with Crippen molar-refractivity contribution in [3.8, 4) is 34.3 Å². The van der Waals surface area contributed by atoms with Crippen LogP contribution in [0, 0.1) is 0 Å². The molecule has 0 radical (unpaired) electrons. The van der Waals surface area contributed by atoms with Crippen LogP contribution in [0.3, 0.4) is 0 Å². The average Bonchev–Trinajstić information content (AvgIpc) is 3.23. The topological polar surface area (TPSA) is 112 Å². The van der Waals surface area contributed by atoms with Gasteiger partial charge in [-0.15, -0.1) is 0 Å². The number of hydrogen-bond acceptors (Lipinski definition) is 9. The van der Waals surface area contributed by atoms with Crippen molar-refractivity contribution in [2.45, 2.75) is 6.42 Å². The van der Waals surface area contributed by atoms with Crippen LogP contribution in [-0.2, 0) is 0 Å². The van der Waals surface area contributed by atoms with Crippen LogP contribution in [-0.4, -0.2) is 61.2 Å². The number of carbonyl (C=O) groups is 2. The molecule has 2 heterocycles. The molecule has 2 amide bonds. The summed E-state index contributed by atoms with van der Waals surface area (Å²) in [5, 5.41) is 3.18. The van der Waals surface area contributed by atoms with Crippen LogP contribution in [0.4, 0.5) is 11.6 Å². The number of imide groups is 1. The third-order valence-electron chi connectivity index (χ3n) is 6.38. The summed E-state index contributed by atoms with van der Waals surface area (Å²) < 4.78 is 22.2. The molecule has 0 saturated carbocycles. The summed E-state index contributed by atoms with van der Waals surface area (Å²) in [5.41, 5.74) is 3.10. The van der Waals surface area contributed by atoms with Crippen LogP contribution in [0.25, 0.3) is 11.3 Å². The molecule has 204 valence electrons. The van der Waals surface area contributed by atoms with Gasteiger partial charge in [-0.2, -0.15) is 0 Å². The molecule has 1 aliphatic rings. The first kappa shape index (κ1) is 26.5. The zero-order valence-corrected chi connectivity index (χ0v) is 22.3. The van der Waals surface area contributed by atoms with Crippen LogP contribution in [0.15, 0.2) is 72.9 Å². The van der Waals surface area contributed by atoms with E-state index in [0.717, 1.165) is 5.56 Å². The largest absolute Gasteiger partial charge is 0.494 e. The minimum absolute atomic E-state index is 0.262. The Morgan fingerprint density at radius 2 is 1.52 bits per heavy atom. The highest BCUT2D eigenvalue weighted by Gasteiger charge is 2.34. The smallest absolute Gasteiger partial charge is 0.261 e. The van der Waals surface area contributed by atoms with Gasteiger partial charge in [-0.05, 0) is 36.8 Å². The summed E-state index contributed by atoms with van der Waals surface area (Å²) >= 11 is 0. The van der Waals surface area contributed by atoms with Crippen molar-refractivity contribution >= 4 is 23.5 Å². The van der Waals surface area contributed by atoms with Gasteiger partial charge in [-0.1, -0.05) is 24.3 Å². The van der Waals surface area contributed by atoms with Gasteiger partial charge in [-0.3, -0.25) is 14.5 Å². The minimum atomic E-state index is -0.262. The molecule has 0 spiro atoms. The second-order valence-electron chi connectivity index (χ2n) is 8.84. The van der Waals surface area contributed by atoms with E-state index in [4.69, 9.17) is 18.9 Å². The zero-order chi connectivity index (χ0) is 28.1. The third-order valence-corrected chi connectivity index (χ3v) is 6.38. The number of nitrogens with zero attached hydrogens (tertiary/aromatic N) is 3. The highest BCUT2D eigenvalue weighted by Crippen LogP contribution is 2.40. The maximum atomic E-state index is 12.5. The second-order valence-corrected chi connectivity index (χ2v) is 8.84. The summed E-state index contributed by atoms with van der Waals surface area (Å²) in [5.74, 6) is 2.02. The molecule has 10 heteroatoms. The van der Waals surface area contributed by atoms with Gasteiger partial charge in [0, 0.05) is 36.1 Å². The Balaban J connectivity index is 1.22. The predicted octanol–water partition coefficient (Wildman–Crippen LogP) is 4.98. The van der Waals surface area contributed by atoms with Crippen LogP contribution in [0.5, 0.6) is 23.0 Å². The van der Waals surface area contributed by atoms with Gasteiger partial charge in [0.25, 0.3) is 11.8 Å². The van der Waals surface area contributed by atoms with E-state index in [-0.39, 0.29) is 18.4 Å². The van der Waals surface area contributed by atoms with Crippen LogP contribution in [0.1, 0.15) is 27.1 Å². The molecule has 1 aliphatic heterocycles. The monoisotopic (exact) mass is 540 g/mol. The lowest BCUT2D eigenvalue weighted by molar-refractivity contribution is 0.0646. The number of anilines is 2. The van der Waals surface area contributed by atoms with Gasteiger partial charge in [0.1, 0.15) is 5.75 Å². The minimum Gasteiger partial charge on any atom is -0.494 e. The van der Waals surface area contributed by atoms with Gasteiger partial charge in [0.05, 0.1) is 44.8 Å². The Morgan fingerprint density at radius 1 is 0.825 bits per heavy atom. The number of fused-ring (bicyclic) bond motifs is 1. The molecule has 10 nitrogen and oxygen atoms in total. The summed E-state index contributed by atoms with van der Waals surface area (Å²) in [6, 6.07) is 19.8. The Morgan fingerprint density at radius 3 is 2.17 bits per heavy atom. The number of carbonyl (C=O) groups excluding carboxylic acids is 2. The first-order valence-electron chi connectivity index (χ1n) is 12.6. The lowest BCUT2D eigenvalue weighted by atomic mass is 10.1. The molecular formula is C30H28N4O6. The van der Waals surface area contributed by atoms with E-state index in [9.17, 15) is 9.59 Å². The second kappa shape index (κ2) is 11.7. The maximum absolute atomic E-state index is 12.5. The standard InChI is InChI=1S/C30H28N4O6/c1-37-25-17-20(18-26(38-2)27(25)39-3)32-30-31-13-12-24(33-30)19-8-6-9-21(16-19)40-15-7-14-34-28(35)22-10-4-5-11-23(22)29(34)36/h4-6,8-13,16-18H,7,14-15H2,1-3H3,(H,31,32,33). The van der Waals surface area contributed by atoms with Crippen molar-refractivity contribution in [1.29, 1.82) is 0 Å². The lowest BCUT2D eigenvalue weighted by Gasteiger charge is -2.15. The molecule has 0 saturated heterocycles. The molecule has 1 aromatic heterocycles. The molecule has 0 atom stereocenters. The van der Waals surface area contributed by atoms with Crippen molar-refractivity contribution < 1.29 is 28.5 Å². The number of ether oxygens (including phenoxy) is 4. The molecule has 0 aliphatic carbocycles. The molecule has 0 fully saturated rings. The van der Waals surface area contributed by atoms with Crippen molar-refractivity contribution in [3.05, 3.63) is 84.1 Å². The number of aromatic nitrogens is 2. The summed E-state index contributed by atoms with van der Waals surface area (Å²) in [6.45, 7) is 0.627. The number of methoxy groups -OCH3 is 3. The van der Waals surface area contributed by atoms with Crippen LogP contribution >= 0.6 is 0 Å². The van der Waals surface area contributed by atoms with Gasteiger partial charge in [-0.25, -0.2) is 9.97 Å². The fourth-order valence-corrected chi connectivity index (χ4v) is 4.46. The number of amides is 2. The number of rotatable bonds is 11. The van der Waals surface area contributed by atoms with Crippen molar-refractivity contribution in [1.82, 2.24) is 14.9 Å². The van der Waals surface area contributed by atoms with E-state index in [1.807, 2.05) is 30.3 Å². The number of benzene rings is 3. The normalized spacial score (nSPS) is 12.2. The van der Waals surface area contributed by atoms with Crippen LogP contribution in [0.2, 0.25) is 0 Å². The summed E-state index contributed by atoms with van der Waals surface area (Å²) in [4.78, 5) is 35.3. The van der Waals surface area contributed by atoms with Crippen molar-refractivity contribution in [3.63, 3.8) is 0 Å². The summed E-state index contributed by atoms with van der Waals surface area (Å²) in [7, 11) is 4.65. The fourth-order valence-electron chi connectivity index (χ4n) is 4.46. The van der Waals surface area contributed by atoms with E-state index < -0.39 is 0 Å². The van der Waals surface area contributed by atoms with Gasteiger partial charge >= 0.3 is 0 Å². The van der Waals surface area contributed by atoms with Crippen molar-refractivity contribution in [2.75, 3.05) is 39.8 Å². The van der Waals surface area contributed by atoms with E-state index in [1.54, 1.807) is 63.9 Å². The zero-order valence-electron chi connectivity index (χ0n) is 22.3. The SMILES string of the molecule is COc1cc(Nc2nccc(-c3cccc(OCCCN4C(=O)c5ccccc5C4=O)c3)n2)cc(OC)c1OC. The third kappa shape index (κ3) is 5.37. The summed E-state index contributed by atoms with van der Waals surface area (Å²) in [6.07, 6.45) is 2.17. The van der Waals surface area contributed by atoms with E-state index in [0.29, 0.717) is 64.5 Å². The molecular weight excluding hydrogens is 512 g/mol. The Labute approximate surface area is 231 Å². The highest BCUT2D eigenvalue weighted by atomic mass is 16.5. The first-order valence-corrected chi connectivity index (χ1v) is 12.6. The molecule has 0 bridgehead atoms. The van der Waals surface area contributed by atoms with Gasteiger partial charge in [0.15, 0.2) is 11.5 Å². The number of hydrogen-bond donors (Lipinski definition) is 1. The Kier molecular flexibility index (Phi) is 7.77. The Hall–Kier alpha value is -5.12. The molecule has 3 aromatic carbocycles. The first-order chi connectivity index (χ1) is 19.5. The quantitative estimate of drug-likeness (QED) is 0.208. The molecule has 1 N–H and O–H groups in total. The molecule has 4 aromatic rings. The highest BCUT2D eigenvalue weighted by molar-refractivity contribution is 6.21. The van der Waals surface area contributed by atoms with Gasteiger partial charge in [0.2, 0.25) is 11.7 Å². The van der Waals surface area contributed by atoms with Crippen LogP contribution < -0.4 is 24.3 Å². The van der Waals surface area contributed by atoms with Gasteiger partial charge < -0.3 is 24.3 Å². The molecule has 40 heavy (non-hydrogen) atoms. The van der Waals surface area contributed by atoms with E-state index >= 15 is 0 Å². The van der Waals surface area contributed by atoms with Crippen molar-refractivity contribution in [2.24, 2.45) is 0 Å². The molecule has 5 rings (SSSR count). The fraction of sp³-hybridized carbons (Fsp3) is 0.200. The Bertz CT molecular complexity index is 1500. The molecule has 0 unspecified atom stereocenters. The van der Waals surface area contributed by atoms with E-state index in [1.165, 1.54) is 4.90 Å².